The van der Waals surface area contributed by atoms with Crippen LogP contribution in [0.15, 0.2) is 24.3 Å². The van der Waals surface area contributed by atoms with Crippen LogP contribution in [0.2, 0.25) is 0 Å². The topological polar surface area (TPSA) is 62.5 Å². The molecule has 1 aliphatic rings. The zero-order chi connectivity index (χ0) is 13.7. The lowest BCUT2D eigenvalue weighted by atomic mass is 9.76. The number of aliphatic hydroxyl groups is 1. The van der Waals surface area contributed by atoms with Gasteiger partial charge in [0.1, 0.15) is 11.2 Å². The van der Waals surface area contributed by atoms with Crippen LogP contribution in [-0.4, -0.2) is 24.9 Å². The second-order valence-corrected chi connectivity index (χ2v) is 4.83. The molecule has 1 aliphatic heterocycles. The first-order chi connectivity index (χ1) is 9.22. The predicted octanol–water partition coefficient (Wildman–Crippen LogP) is 2.44. The number of hydrogen-bond acceptors (Lipinski definition) is 4. The maximum absolute atomic E-state index is 10.5. The van der Waals surface area contributed by atoms with Crippen molar-refractivity contribution in [2.75, 3.05) is 19.8 Å². The van der Waals surface area contributed by atoms with Gasteiger partial charge in [0.2, 0.25) is 0 Å². The second-order valence-electron chi connectivity index (χ2n) is 4.83. The summed E-state index contributed by atoms with van der Waals surface area (Å²) in [7, 11) is 0. The van der Waals surface area contributed by atoms with Crippen LogP contribution < -0.4 is 4.74 Å². The van der Waals surface area contributed by atoms with E-state index in [1.807, 2.05) is 25.1 Å². The molecule has 1 saturated heterocycles. The van der Waals surface area contributed by atoms with E-state index in [0.29, 0.717) is 30.9 Å². The molecule has 0 aromatic heterocycles. The quantitative estimate of drug-likeness (QED) is 0.904. The minimum absolute atomic E-state index is 0.281. The highest BCUT2D eigenvalue weighted by Gasteiger charge is 2.41. The van der Waals surface area contributed by atoms with Gasteiger partial charge in [-0.2, -0.15) is 5.26 Å². The van der Waals surface area contributed by atoms with Crippen LogP contribution in [0.4, 0.5) is 0 Å². The van der Waals surface area contributed by atoms with Gasteiger partial charge in [0, 0.05) is 6.61 Å². The first-order valence-electron chi connectivity index (χ1n) is 6.61. The van der Waals surface area contributed by atoms with Gasteiger partial charge in [0.15, 0.2) is 0 Å². The number of nitrogens with zero attached hydrogens (tertiary/aromatic N) is 1. The summed E-state index contributed by atoms with van der Waals surface area (Å²) in [6, 6.07) is 9.54. The summed E-state index contributed by atoms with van der Waals surface area (Å²) in [4.78, 5) is 0. The Hall–Kier alpha value is -1.57. The van der Waals surface area contributed by atoms with E-state index >= 15 is 0 Å². The van der Waals surface area contributed by atoms with Crippen molar-refractivity contribution in [2.45, 2.75) is 25.9 Å². The first-order valence-corrected chi connectivity index (χ1v) is 6.61. The summed E-state index contributed by atoms with van der Waals surface area (Å²) in [6.45, 7) is 3.43. The highest BCUT2D eigenvalue weighted by Crippen LogP contribution is 2.40. The van der Waals surface area contributed by atoms with Crippen molar-refractivity contribution in [1.82, 2.24) is 0 Å². The molecule has 4 heteroatoms. The molecule has 0 saturated carbocycles. The minimum atomic E-state index is -0.849. The summed E-state index contributed by atoms with van der Waals surface area (Å²) >= 11 is 0. The van der Waals surface area contributed by atoms with Gasteiger partial charge in [-0.3, -0.25) is 0 Å². The van der Waals surface area contributed by atoms with Crippen LogP contribution in [0.5, 0.6) is 5.75 Å². The molecular weight excluding hydrogens is 242 g/mol. The van der Waals surface area contributed by atoms with Crippen molar-refractivity contribution in [2.24, 2.45) is 5.41 Å². The lowest BCUT2D eigenvalue weighted by Gasteiger charge is -2.35. The van der Waals surface area contributed by atoms with Gasteiger partial charge in [0.25, 0.3) is 0 Å². The van der Waals surface area contributed by atoms with Gasteiger partial charge in [0.05, 0.1) is 25.4 Å². The van der Waals surface area contributed by atoms with Crippen molar-refractivity contribution in [3.05, 3.63) is 29.8 Å². The number of hydrogen-bond donors (Lipinski definition) is 1. The molecule has 0 radical (unpaired) electrons. The highest BCUT2D eigenvalue weighted by atomic mass is 16.5. The van der Waals surface area contributed by atoms with Crippen molar-refractivity contribution in [3.8, 4) is 11.8 Å². The van der Waals surface area contributed by atoms with E-state index in [-0.39, 0.29) is 6.61 Å². The number of nitriles is 1. The molecule has 102 valence electrons. The Bertz CT molecular complexity index is 461. The van der Waals surface area contributed by atoms with Gasteiger partial charge in [-0.1, -0.05) is 12.1 Å². The maximum Gasteiger partial charge on any atom is 0.119 e. The Labute approximate surface area is 113 Å². The average Bonchev–Trinajstić information content (AvgIpc) is 2.48. The van der Waals surface area contributed by atoms with E-state index in [1.54, 1.807) is 6.07 Å². The largest absolute Gasteiger partial charge is 0.494 e. The smallest absolute Gasteiger partial charge is 0.119 e. The highest BCUT2D eigenvalue weighted by molar-refractivity contribution is 5.32. The van der Waals surface area contributed by atoms with Gasteiger partial charge < -0.3 is 14.6 Å². The molecule has 2 unspecified atom stereocenters. The van der Waals surface area contributed by atoms with Crippen LogP contribution in [0, 0.1) is 16.7 Å². The average molecular weight is 261 g/mol. The van der Waals surface area contributed by atoms with Gasteiger partial charge in [-0.25, -0.2) is 0 Å². The first kappa shape index (κ1) is 13.9. The van der Waals surface area contributed by atoms with E-state index in [0.717, 1.165) is 6.42 Å². The maximum atomic E-state index is 10.5. The molecule has 4 nitrogen and oxygen atoms in total. The molecule has 2 atom stereocenters. The molecule has 19 heavy (non-hydrogen) atoms. The Morgan fingerprint density at radius 1 is 1.58 bits per heavy atom. The van der Waals surface area contributed by atoms with Crippen LogP contribution in [0.25, 0.3) is 0 Å². The monoisotopic (exact) mass is 261 g/mol. The molecule has 0 bridgehead atoms. The minimum Gasteiger partial charge on any atom is -0.494 e. The summed E-state index contributed by atoms with van der Waals surface area (Å²) in [5, 5.41) is 20.0. The van der Waals surface area contributed by atoms with Crippen molar-refractivity contribution >= 4 is 0 Å². The third-order valence-electron chi connectivity index (χ3n) is 3.50. The van der Waals surface area contributed by atoms with Crippen molar-refractivity contribution < 1.29 is 14.6 Å². The summed E-state index contributed by atoms with van der Waals surface area (Å²) in [5.41, 5.74) is -0.138. The Balaban J connectivity index is 2.24. The molecule has 0 aliphatic carbocycles. The Kier molecular flexibility index (Phi) is 4.41. The lowest BCUT2D eigenvalue weighted by molar-refractivity contribution is -0.0506. The van der Waals surface area contributed by atoms with Crippen LogP contribution in [0.1, 0.15) is 31.4 Å². The fourth-order valence-corrected chi connectivity index (χ4v) is 2.44. The zero-order valence-corrected chi connectivity index (χ0v) is 11.1. The molecule has 1 heterocycles. The third-order valence-corrected chi connectivity index (χ3v) is 3.50. The van der Waals surface area contributed by atoms with E-state index < -0.39 is 11.5 Å². The molecule has 1 fully saturated rings. The van der Waals surface area contributed by atoms with Crippen LogP contribution >= 0.6 is 0 Å². The van der Waals surface area contributed by atoms with Crippen LogP contribution in [-0.2, 0) is 4.74 Å². The van der Waals surface area contributed by atoms with Crippen LogP contribution in [0.3, 0.4) is 0 Å². The van der Waals surface area contributed by atoms with E-state index in [4.69, 9.17) is 9.47 Å². The van der Waals surface area contributed by atoms with Crippen molar-refractivity contribution in [1.29, 1.82) is 5.26 Å². The molecule has 1 aromatic carbocycles. The predicted molar refractivity (Wildman–Crippen MR) is 70.7 cm³/mol. The second kappa shape index (κ2) is 6.05. The summed E-state index contributed by atoms with van der Waals surface area (Å²) in [6.07, 6.45) is 0.609. The SMILES string of the molecule is CCOc1cccc(C(O)C2(C#N)CCCOC2)c1. The molecule has 1 aromatic rings. The van der Waals surface area contributed by atoms with Gasteiger partial charge in [-0.15, -0.1) is 0 Å². The zero-order valence-electron chi connectivity index (χ0n) is 11.1. The molecular formula is C15H19NO3. The standard InChI is InChI=1S/C15H19NO3/c1-2-19-13-6-3-5-12(9-13)14(17)15(10-16)7-4-8-18-11-15/h3,5-6,9,14,17H,2,4,7-8,11H2,1H3. The fraction of sp³-hybridized carbons (Fsp3) is 0.533. The number of ether oxygens (including phenoxy) is 2. The van der Waals surface area contributed by atoms with E-state index in [1.165, 1.54) is 0 Å². The normalized spacial score (nSPS) is 24.5. The fourth-order valence-electron chi connectivity index (χ4n) is 2.44. The van der Waals surface area contributed by atoms with Gasteiger partial charge in [-0.05, 0) is 37.5 Å². The number of aliphatic hydroxyl groups excluding tert-OH is 1. The van der Waals surface area contributed by atoms with E-state index in [2.05, 4.69) is 6.07 Å². The lowest BCUT2D eigenvalue weighted by Crippen LogP contribution is -2.36. The molecule has 1 N–H and O–H groups in total. The molecule has 0 amide bonds. The molecule has 2 rings (SSSR count). The molecule has 0 spiro atoms. The number of benzene rings is 1. The summed E-state index contributed by atoms with van der Waals surface area (Å²) < 4.78 is 10.8. The Morgan fingerprint density at radius 3 is 3.05 bits per heavy atom. The summed E-state index contributed by atoms with van der Waals surface area (Å²) in [5.74, 6) is 0.712. The number of rotatable bonds is 4. The third kappa shape index (κ3) is 2.89. The van der Waals surface area contributed by atoms with E-state index in [9.17, 15) is 10.4 Å². The van der Waals surface area contributed by atoms with Crippen molar-refractivity contribution in [3.63, 3.8) is 0 Å². The van der Waals surface area contributed by atoms with Gasteiger partial charge >= 0.3 is 0 Å². The Morgan fingerprint density at radius 2 is 2.42 bits per heavy atom.